The van der Waals surface area contributed by atoms with Crippen molar-refractivity contribution in [3.8, 4) is 0 Å². The number of fused-ring (bicyclic) bond motifs is 1. The first-order valence-electron chi connectivity index (χ1n) is 7.95. The average Bonchev–Trinajstić information content (AvgIpc) is 2.76. The van der Waals surface area contributed by atoms with Crippen LogP contribution in [0.3, 0.4) is 0 Å². The van der Waals surface area contributed by atoms with E-state index in [9.17, 15) is 0 Å². The Morgan fingerprint density at radius 1 is 0.900 bits per heavy atom. The Morgan fingerprint density at radius 3 is 2.35 bits per heavy atom. The van der Waals surface area contributed by atoms with Crippen molar-refractivity contribution < 1.29 is 0 Å². The van der Waals surface area contributed by atoms with Gasteiger partial charge in [-0.1, -0.05) is 68.1 Å². The number of rotatable bonds is 3. The summed E-state index contributed by atoms with van der Waals surface area (Å²) in [4.78, 5) is 0. The van der Waals surface area contributed by atoms with Crippen LogP contribution < -0.4 is 0 Å². The molecule has 0 aliphatic heterocycles. The summed E-state index contributed by atoms with van der Waals surface area (Å²) in [5.41, 5.74) is 1.38. The summed E-state index contributed by atoms with van der Waals surface area (Å²) in [7, 11) is 0. The van der Waals surface area contributed by atoms with Crippen LogP contribution in [0.5, 0.6) is 0 Å². The largest absolute Gasteiger partial charge is 0.122 e. The van der Waals surface area contributed by atoms with Crippen LogP contribution in [0.1, 0.15) is 44.1 Å². The maximum atomic E-state index is 6.72. The summed E-state index contributed by atoms with van der Waals surface area (Å²) in [6.45, 7) is 0. The van der Waals surface area contributed by atoms with Gasteiger partial charge in [-0.3, -0.25) is 0 Å². The highest BCUT2D eigenvalue weighted by molar-refractivity contribution is 6.20. The van der Waals surface area contributed by atoms with Crippen molar-refractivity contribution in [2.75, 3.05) is 0 Å². The van der Waals surface area contributed by atoms with E-state index in [0.29, 0.717) is 11.3 Å². The van der Waals surface area contributed by atoms with Crippen molar-refractivity contribution in [3.63, 3.8) is 0 Å². The van der Waals surface area contributed by atoms with E-state index in [4.69, 9.17) is 11.6 Å². The zero-order chi connectivity index (χ0) is 13.8. The molecule has 1 saturated carbocycles. The molecular weight excluding hydrogens is 264 g/mol. The fourth-order valence-corrected chi connectivity index (χ4v) is 3.86. The van der Waals surface area contributed by atoms with Gasteiger partial charge in [0.1, 0.15) is 0 Å². The zero-order valence-electron chi connectivity index (χ0n) is 12.0. The highest BCUT2D eigenvalue weighted by Crippen LogP contribution is 2.30. The van der Waals surface area contributed by atoms with Gasteiger partial charge < -0.3 is 0 Å². The third-order valence-electron chi connectivity index (χ3n) is 4.66. The highest BCUT2D eigenvalue weighted by Gasteiger charge is 2.21. The standard InChI is InChI=1S/C19H23Cl/c20-19(17-8-3-1-2-4-9-17)14-15-11-12-16-7-5-6-10-18(16)13-15/h5-7,10-13,17,19H,1-4,8-9,14H2. The molecule has 0 spiro atoms. The van der Waals surface area contributed by atoms with Crippen molar-refractivity contribution in [1.82, 2.24) is 0 Å². The van der Waals surface area contributed by atoms with Gasteiger partial charge in [0, 0.05) is 5.38 Å². The first-order chi connectivity index (χ1) is 9.83. The predicted octanol–water partition coefficient (Wildman–Crippen LogP) is 5.96. The smallest absolute Gasteiger partial charge is 0.0404 e. The minimum Gasteiger partial charge on any atom is -0.122 e. The van der Waals surface area contributed by atoms with Crippen LogP contribution in [0.25, 0.3) is 10.8 Å². The Hall–Kier alpha value is -1.01. The number of halogens is 1. The molecule has 2 aromatic carbocycles. The quantitative estimate of drug-likeness (QED) is 0.482. The Bertz CT molecular complexity index is 552. The maximum Gasteiger partial charge on any atom is 0.0404 e. The van der Waals surface area contributed by atoms with Crippen LogP contribution in [0, 0.1) is 5.92 Å². The predicted molar refractivity (Wildman–Crippen MR) is 88.5 cm³/mol. The number of hydrogen-bond acceptors (Lipinski definition) is 0. The zero-order valence-corrected chi connectivity index (χ0v) is 12.8. The molecule has 2 aromatic rings. The first-order valence-corrected chi connectivity index (χ1v) is 8.38. The van der Waals surface area contributed by atoms with Crippen molar-refractivity contribution in [1.29, 1.82) is 0 Å². The minimum absolute atomic E-state index is 0.300. The molecule has 0 nitrogen and oxygen atoms in total. The van der Waals surface area contributed by atoms with E-state index in [1.807, 2.05) is 0 Å². The molecule has 1 heteroatoms. The molecule has 0 bridgehead atoms. The highest BCUT2D eigenvalue weighted by atomic mass is 35.5. The Morgan fingerprint density at radius 2 is 1.60 bits per heavy atom. The van der Waals surface area contributed by atoms with Crippen LogP contribution in [-0.4, -0.2) is 5.38 Å². The SMILES string of the molecule is ClC(Cc1ccc2ccccc2c1)C1CCCCCC1. The van der Waals surface area contributed by atoms with Crippen LogP contribution in [0.2, 0.25) is 0 Å². The van der Waals surface area contributed by atoms with Crippen molar-refractivity contribution in [3.05, 3.63) is 48.0 Å². The van der Waals surface area contributed by atoms with Gasteiger partial charge in [-0.2, -0.15) is 0 Å². The first kappa shape index (κ1) is 13.9. The lowest BCUT2D eigenvalue weighted by Gasteiger charge is -2.20. The minimum atomic E-state index is 0.300. The molecule has 1 fully saturated rings. The van der Waals surface area contributed by atoms with Gasteiger partial charge in [0.15, 0.2) is 0 Å². The number of alkyl halides is 1. The Kier molecular flexibility index (Phi) is 4.62. The van der Waals surface area contributed by atoms with E-state index >= 15 is 0 Å². The van der Waals surface area contributed by atoms with Gasteiger partial charge in [-0.15, -0.1) is 11.6 Å². The van der Waals surface area contributed by atoms with E-state index in [1.54, 1.807) is 0 Å². The normalized spacial score (nSPS) is 18.9. The third kappa shape index (κ3) is 3.35. The number of hydrogen-bond donors (Lipinski definition) is 0. The van der Waals surface area contributed by atoms with Crippen LogP contribution >= 0.6 is 11.6 Å². The summed E-state index contributed by atoms with van der Waals surface area (Å²) < 4.78 is 0. The second-order valence-electron chi connectivity index (χ2n) is 6.15. The second-order valence-corrected chi connectivity index (χ2v) is 6.71. The van der Waals surface area contributed by atoms with Crippen LogP contribution in [0.4, 0.5) is 0 Å². The van der Waals surface area contributed by atoms with Gasteiger partial charge in [0.05, 0.1) is 0 Å². The van der Waals surface area contributed by atoms with E-state index in [1.165, 1.54) is 54.9 Å². The topological polar surface area (TPSA) is 0 Å². The molecule has 3 rings (SSSR count). The summed E-state index contributed by atoms with van der Waals surface area (Å²) in [5, 5.41) is 2.95. The second kappa shape index (κ2) is 6.63. The molecule has 0 aromatic heterocycles. The lowest BCUT2D eigenvalue weighted by molar-refractivity contribution is 0.435. The molecule has 0 amide bonds. The molecule has 1 atom stereocenters. The van der Waals surface area contributed by atoms with Crippen molar-refractivity contribution >= 4 is 22.4 Å². The van der Waals surface area contributed by atoms with E-state index in [-0.39, 0.29) is 0 Å². The maximum absolute atomic E-state index is 6.72. The summed E-state index contributed by atoms with van der Waals surface area (Å²) in [5.74, 6) is 0.714. The fourth-order valence-electron chi connectivity index (χ4n) is 3.43. The summed E-state index contributed by atoms with van der Waals surface area (Å²) >= 11 is 6.72. The molecule has 1 aliphatic carbocycles. The molecule has 1 unspecified atom stereocenters. The average molecular weight is 287 g/mol. The summed E-state index contributed by atoms with van der Waals surface area (Å²) in [6.07, 6.45) is 9.18. The lowest BCUT2D eigenvalue weighted by atomic mass is 9.92. The fraction of sp³-hybridized carbons (Fsp3) is 0.474. The van der Waals surface area contributed by atoms with Crippen LogP contribution in [0.15, 0.2) is 42.5 Å². The third-order valence-corrected chi connectivity index (χ3v) is 5.17. The van der Waals surface area contributed by atoms with Crippen LogP contribution in [-0.2, 0) is 6.42 Å². The number of benzene rings is 2. The van der Waals surface area contributed by atoms with E-state index in [2.05, 4.69) is 42.5 Å². The van der Waals surface area contributed by atoms with Gasteiger partial charge in [0.25, 0.3) is 0 Å². The Balaban J connectivity index is 1.71. The molecule has 20 heavy (non-hydrogen) atoms. The van der Waals surface area contributed by atoms with E-state index in [0.717, 1.165) is 6.42 Å². The van der Waals surface area contributed by atoms with Gasteiger partial charge in [-0.05, 0) is 41.5 Å². The van der Waals surface area contributed by atoms with Crippen molar-refractivity contribution in [2.24, 2.45) is 5.92 Å². The Labute approximate surface area is 127 Å². The van der Waals surface area contributed by atoms with E-state index < -0.39 is 0 Å². The monoisotopic (exact) mass is 286 g/mol. The molecule has 106 valence electrons. The summed E-state index contributed by atoms with van der Waals surface area (Å²) in [6, 6.07) is 15.3. The molecule has 0 saturated heterocycles. The van der Waals surface area contributed by atoms with Crippen molar-refractivity contribution in [2.45, 2.75) is 50.3 Å². The molecular formula is C19H23Cl. The lowest BCUT2D eigenvalue weighted by Crippen LogP contribution is -2.17. The molecule has 0 radical (unpaired) electrons. The molecule has 0 heterocycles. The molecule has 0 N–H and O–H groups in total. The molecule has 1 aliphatic rings. The van der Waals surface area contributed by atoms with Gasteiger partial charge in [-0.25, -0.2) is 0 Å². The van der Waals surface area contributed by atoms with Gasteiger partial charge in [0.2, 0.25) is 0 Å². The van der Waals surface area contributed by atoms with Gasteiger partial charge >= 0.3 is 0 Å².